The van der Waals surface area contributed by atoms with E-state index in [-0.39, 0.29) is 18.7 Å². The Morgan fingerprint density at radius 2 is 1.88 bits per heavy atom. The zero-order chi connectivity index (χ0) is 18.2. The number of urea groups is 1. The predicted octanol–water partition coefficient (Wildman–Crippen LogP) is 2.83. The Labute approximate surface area is 144 Å². The highest BCUT2D eigenvalue weighted by atomic mass is 19.1. The molecule has 6 nitrogen and oxygen atoms in total. The number of ether oxygens (including phenoxy) is 1. The van der Waals surface area contributed by atoms with Gasteiger partial charge in [0.15, 0.2) is 11.6 Å². The molecule has 0 fully saturated rings. The van der Waals surface area contributed by atoms with Crippen LogP contribution in [-0.4, -0.2) is 29.8 Å². The third-order valence-corrected chi connectivity index (χ3v) is 3.39. The van der Waals surface area contributed by atoms with E-state index in [0.717, 1.165) is 11.6 Å². The van der Waals surface area contributed by atoms with E-state index in [0.29, 0.717) is 0 Å². The van der Waals surface area contributed by atoms with Crippen LogP contribution in [0.2, 0.25) is 0 Å². The molecule has 2 aromatic carbocycles. The number of anilines is 1. The van der Waals surface area contributed by atoms with Crippen LogP contribution in [0.5, 0.6) is 5.75 Å². The van der Waals surface area contributed by atoms with Gasteiger partial charge < -0.3 is 20.5 Å². The fraction of sp³-hybridized carbons (Fsp3) is 0.222. The number of phenolic OH excluding ortho intramolecular Hbond substituents is 1. The van der Waals surface area contributed by atoms with E-state index >= 15 is 0 Å². The van der Waals surface area contributed by atoms with Crippen LogP contribution in [-0.2, 0) is 16.0 Å². The number of aromatic hydroxyl groups is 1. The summed E-state index contributed by atoms with van der Waals surface area (Å²) in [5.41, 5.74) is 0.745. The van der Waals surface area contributed by atoms with Gasteiger partial charge in [0.05, 0.1) is 12.3 Å². The Morgan fingerprint density at radius 1 is 1.16 bits per heavy atom. The van der Waals surface area contributed by atoms with Crippen molar-refractivity contribution >= 4 is 17.7 Å². The maximum Gasteiger partial charge on any atom is 0.329 e. The summed E-state index contributed by atoms with van der Waals surface area (Å²) < 4.78 is 18.3. The molecule has 3 N–H and O–H groups in total. The quantitative estimate of drug-likeness (QED) is 0.554. The van der Waals surface area contributed by atoms with Gasteiger partial charge in [-0.3, -0.25) is 0 Å². The molecular weight excluding hydrogens is 327 g/mol. The van der Waals surface area contributed by atoms with E-state index in [2.05, 4.69) is 10.6 Å². The van der Waals surface area contributed by atoms with Crippen molar-refractivity contribution < 1.29 is 23.8 Å². The molecule has 0 spiro atoms. The van der Waals surface area contributed by atoms with Crippen LogP contribution in [0.3, 0.4) is 0 Å². The van der Waals surface area contributed by atoms with Crippen molar-refractivity contribution in [3.05, 3.63) is 59.9 Å². The maximum absolute atomic E-state index is 13.3. The van der Waals surface area contributed by atoms with E-state index in [1.54, 1.807) is 6.92 Å². The average molecular weight is 346 g/mol. The van der Waals surface area contributed by atoms with Gasteiger partial charge >= 0.3 is 12.0 Å². The van der Waals surface area contributed by atoms with Crippen LogP contribution >= 0.6 is 0 Å². The molecule has 1 atom stereocenters. The molecule has 0 bridgehead atoms. The number of benzene rings is 2. The van der Waals surface area contributed by atoms with Crippen LogP contribution < -0.4 is 10.6 Å². The van der Waals surface area contributed by atoms with Gasteiger partial charge in [-0.1, -0.05) is 36.4 Å². The van der Waals surface area contributed by atoms with Crippen LogP contribution in [0, 0.1) is 5.82 Å². The molecule has 0 saturated heterocycles. The molecule has 7 heteroatoms. The van der Waals surface area contributed by atoms with Gasteiger partial charge in [-0.15, -0.1) is 0 Å². The van der Waals surface area contributed by atoms with Crippen molar-refractivity contribution in [2.45, 2.75) is 19.4 Å². The molecule has 0 saturated carbocycles. The summed E-state index contributed by atoms with van der Waals surface area (Å²) >= 11 is 0. The van der Waals surface area contributed by atoms with E-state index < -0.39 is 29.6 Å². The second kappa shape index (κ2) is 8.68. The first kappa shape index (κ1) is 18.3. The van der Waals surface area contributed by atoms with Gasteiger partial charge in [0.2, 0.25) is 0 Å². The summed E-state index contributed by atoms with van der Waals surface area (Å²) in [7, 11) is 0. The lowest BCUT2D eigenvalue weighted by Gasteiger charge is -2.18. The zero-order valence-electron chi connectivity index (χ0n) is 13.7. The first-order valence-electron chi connectivity index (χ1n) is 7.76. The number of carbonyl (C=O) groups is 2. The first-order chi connectivity index (χ1) is 12.0. The Hall–Kier alpha value is -3.09. The van der Waals surface area contributed by atoms with Gasteiger partial charge in [-0.2, -0.15) is 0 Å². The molecular formula is C18H19FN2O4. The van der Waals surface area contributed by atoms with Crippen molar-refractivity contribution in [3.63, 3.8) is 0 Å². The minimum atomic E-state index is -0.918. The molecule has 0 aliphatic carbocycles. The summed E-state index contributed by atoms with van der Waals surface area (Å²) in [5.74, 6) is -2.11. The number of amides is 2. The third kappa shape index (κ3) is 5.20. The number of halogens is 1. The summed E-state index contributed by atoms with van der Waals surface area (Å²) in [6, 6.07) is 11.2. The van der Waals surface area contributed by atoms with Crippen molar-refractivity contribution in [2.24, 2.45) is 0 Å². The number of carbonyl (C=O) groups excluding carboxylic acids is 2. The number of nitrogens with one attached hydrogen (secondary N) is 2. The summed E-state index contributed by atoms with van der Waals surface area (Å²) in [4.78, 5) is 24.2. The average Bonchev–Trinajstić information content (AvgIpc) is 2.59. The van der Waals surface area contributed by atoms with Crippen molar-refractivity contribution in [3.8, 4) is 5.75 Å². The smallest absolute Gasteiger partial charge is 0.329 e. The lowest BCUT2D eigenvalue weighted by Crippen LogP contribution is -2.45. The third-order valence-electron chi connectivity index (χ3n) is 3.39. The number of hydrogen-bond acceptors (Lipinski definition) is 4. The number of phenols is 1. The lowest BCUT2D eigenvalue weighted by molar-refractivity contribution is -0.145. The zero-order valence-corrected chi connectivity index (χ0v) is 13.7. The normalized spacial score (nSPS) is 11.4. The largest absolute Gasteiger partial charge is 0.503 e. The lowest BCUT2D eigenvalue weighted by atomic mass is 10.1. The van der Waals surface area contributed by atoms with Gasteiger partial charge in [-0.25, -0.2) is 14.0 Å². The second-order valence-corrected chi connectivity index (χ2v) is 5.23. The Bertz CT molecular complexity index is 737. The summed E-state index contributed by atoms with van der Waals surface area (Å²) in [6.45, 7) is 1.85. The van der Waals surface area contributed by atoms with Gasteiger partial charge in [-0.05, 0) is 24.6 Å². The molecule has 0 aliphatic heterocycles. The number of para-hydroxylation sites is 1. The molecule has 0 aromatic heterocycles. The highest BCUT2D eigenvalue weighted by Gasteiger charge is 2.23. The van der Waals surface area contributed by atoms with E-state index in [4.69, 9.17) is 4.74 Å². The fourth-order valence-electron chi connectivity index (χ4n) is 2.22. The fourth-order valence-corrected chi connectivity index (χ4v) is 2.22. The van der Waals surface area contributed by atoms with Crippen LogP contribution in [0.4, 0.5) is 14.9 Å². The molecule has 0 heterocycles. The topological polar surface area (TPSA) is 87.7 Å². The highest BCUT2D eigenvalue weighted by Crippen LogP contribution is 2.25. The van der Waals surface area contributed by atoms with E-state index in [1.165, 1.54) is 12.1 Å². The van der Waals surface area contributed by atoms with Crippen LogP contribution in [0.1, 0.15) is 12.5 Å². The first-order valence-corrected chi connectivity index (χ1v) is 7.76. The van der Waals surface area contributed by atoms with Gasteiger partial charge in [0, 0.05) is 6.42 Å². The maximum atomic E-state index is 13.3. The van der Waals surface area contributed by atoms with E-state index in [9.17, 15) is 19.1 Å². The van der Waals surface area contributed by atoms with Crippen molar-refractivity contribution in [2.75, 3.05) is 11.9 Å². The molecule has 2 rings (SSSR count). The van der Waals surface area contributed by atoms with Crippen LogP contribution in [0.25, 0.3) is 0 Å². The van der Waals surface area contributed by atoms with Crippen molar-refractivity contribution in [1.82, 2.24) is 5.32 Å². The summed E-state index contributed by atoms with van der Waals surface area (Å²) in [5, 5.41) is 14.4. The Morgan fingerprint density at radius 3 is 2.56 bits per heavy atom. The number of esters is 1. The second-order valence-electron chi connectivity index (χ2n) is 5.23. The van der Waals surface area contributed by atoms with E-state index in [1.807, 2.05) is 30.3 Å². The molecule has 0 aliphatic rings. The monoisotopic (exact) mass is 346 g/mol. The minimum absolute atomic E-state index is 0.0974. The standard InChI is InChI=1S/C18H19FN2O4/c1-2-25-17(23)15(11-12-7-4-3-5-8-12)21-18(24)20-14-10-6-9-13(19)16(14)22/h3-10,15,22H,2,11H2,1H3,(H2,20,21,24). The number of hydrogen-bond donors (Lipinski definition) is 3. The van der Waals surface area contributed by atoms with Crippen molar-refractivity contribution in [1.29, 1.82) is 0 Å². The molecule has 132 valence electrons. The molecule has 1 unspecified atom stereocenters. The predicted molar refractivity (Wildman–Crippen MR) is 90.8 cm³/mol. The molecule has 2 amide bonds. The van der Waals surface area contributed by atoms with Gasteiger partial charge in [0.25, 0.3) is 0 Å². The molecule has 0 radical (unpaired) electrons. The number of rotatable bonds is 6. The van der Waals surface area contributed by atoms with Gasteiger partial charge in [0.1, 0.15) is 6.04 Å². The Kier molecular flexibility index (Phi) is 6.33. The Balaban J connectivity index is 2.08. The minimum Gasteiger partial charge on any atom is -0.503 e. The molecule has 25 heavy (non-hydrogen) atoms. The SMILES string of the molecule is CCOC(=O)C(Cc1ccccc1)NC(=O)Nc1cccc(F)c1O. The van der Waals surface area contributed by atoms with Crippen LogP contribution in [0.15, 0.2) is 48.5 Å². The highest BCUT2D eigenvalue weighted by molar-refractivity contribution is 5.93. The summed E-state index contributed by atoms with van der Waals surface area (Å²) in [6.07, 6.45) is 0.238. The molecule has 2 aromatic rings.